The molecule has 0 spiro atoms. The summed E-state index contributed by atoms with van der Waals surface area (Å²) >= 11 is 0. The molecule has 2 fully saturated rings. The summed E-state index contributed by atoms with van der Waals surface area (Å²) in [7, 11) is 0. The van der Waals surface area contributed by atoms with Gasteiger partial charge < -0.3 is 14.7 Å². The Labute approximate surface area is 107 Å². The smallest absolute Gasteiger partial charge is 0.259 e. The fraction of sp³-hybridized carbons (Fsp3) is 0.692. The zero-order valence-corrected chi connectivity index (χ0v) is 11.1. The monoisotopic (exact) mass is 249 g/mol. The third-order valence-electron chi connectivity index (χ3n) is 4.26. The predicted octanol–water partition coefficient (Wildman–Crippen LogP) is 1.11. The minimum Gasteiger partial charge on any atom is -0.361 e. The van der Waals surface area contributed by atoms with Crippen LogP contribution in [0.1, 0.15) is 35.2 Å². The first-order valence-corrected chi connectivity index (χ1v) is 6.56. The number of hydrogen-bond acceptors (Lipinski definition) is 4. The number of aryl methyl sites for hydroxylation is 2. The molecule has 1 aromatic rings. The highest BCUT2D eigenvalue weighted by Crippen LogP contribution is 2.34. The average Bonchev–Trinajstić information content (AvgIpc) is 2.93. The number of amides is 1. The van der Waals surface area contributed by atoms with Gasteiger partial charge in [0.15, 0.2) is 0 Å². The van der Waals surface area contributed by atoms with Gasteiger partial charge in [0, 0.05) is 25.2 Å². The van der Waals surface area contributed by atoms with E-state index in [4.69, 9.17) is 4.52 Å². The van der Waals surface area contributed by atoms with Crippen molar-refractivity contribution in [1.82, 2.24) is 15.4 Å². The molecule has 0 bridgehead atoms. The number of carbonyl (C=O) groups is 1. The molecule has 3 unspecified atom stereocenters. The number of aromatic nitrogens is 1. The van der Waals surface area contributed by atoms with Gasteiger partial charge in [-0.15, -0.1) is 0 Å². The maximum absolute atomic E-state index is 12.7. The fourth-order valence-electron chi connectivity index (χ4n) is 3.43. The van der Waals surface area contributed by atoms with E-state index in [-0.39, 0.29) is 5.91 Å². The summed E-state index contributed by atoms with van der Waals surface area (Å²) in [6, 6.07) is 0.643. The molecule has 5 nitrogen and oxygen atoms in total. The molecular weight excluding hydrogens is 230 g/mol. The topological polar surface area (TPSA) is 58.4 Å². The van der Waals surface area contributed by atoms with Crippen LogP contribution in [0.3, 0.4) is 0 Å². The molecule has 2 aliphatic rings. The molecule has 0 radical (unpaired) electrons. The lowest BCUT2D eigenvalue weighted by Gasteiger charge is -2.27. The van der Waals surface area contributed by atoms with E-state index >= 15 is 0 Å². The normalized spacial score (nSPS) is 30.8. The van der Waals surface area contributed by atoms with Crippen LogP contribution in [-0.2, 0) is 0 Å². The summed E-state index contributed by atoms with van der Waals surface area (Å²) < 4.78 is 5.11. The lowest BCUT2D eigenvalue weighted by Crippen LogP contribution is -2.43. The second-order valence-electron chi connectivity index (χ2n) is 5.48. The third-order valence-corrected chi connectivity index (χ3v) is 4.26. The molecule has 2 aliphatic heterocycles. The van der Waals surface area contributed by atoms with Gasteiger partial charge in [0.1, 0.15) is 11.3 Å². The van der Waals surface area contributed by atoms with E-state index < -0.39 is 0 Å². The van der Waals surface area contributed by atoms with Crippen LogP contribution in [0.5, 0.6) is 0 Å². The molecule has 5 heteroatoms. The highest BCUT2D eigenvalue weighted by Gasteiger charge is 2.45. The minimum atomic E-state index is 0.0787. The van der Waals surface area contributed by atoms with Gasteiger partial charge in [-0.3, -0.25) is 4.79 Å². The number of likely N-dealkylation sites (tertiary alicyclic amines) is 1. The molecular formula is C13H19N3O2. The van der Waals surface area contributed by atoms with Crippen molar-refractivity contribution < 1.29 is 9.32 Å². The van der Waals surface area contributed by atoms with Crippen molar-refractivity contribution in [3.8, 4) is 0 Å². The Morgan fingerprint density at radius 3 is 2.89 bits per heavy atom. The van der Waals surface area contributed by atoms with Crippen molar-refractivity contribution in [2.24, 2.45) is 5.92 Å². The molecule has 1 N–H and O–H groups in total. The molecule has 1 amide bonds. The Balaban J connectivity index is 1.92. The number of carbonyl (C=O) groups excluding carboxylic acids is 1. The first-order valence-electron chi connectivity index (χ1n) is 6.56. The van der Waals surface area contributed by atoms with Gasteiger partial charge in [0.25, 0.3) is 5.91 Å². The zero-order valence-electron chi connectivity index (χ0n) is 11.1. The van der Waals surface area contributed by atoms with E-state index in [1.165, 1.54) is 0 Å². The van der Waals surface area contributed by atoms with Crippen molar-refractivity contribution in [3.63, 3.8) is 0 Å². The summed E-state index contributed by atoms with van der Waals surface area (Å²) in [6.45, 7) is 7.70. The summed E-state index contributed by atoms with van der Waals surface area (Å²) in [6.07, 6.45) is 1.09. The molecule has 0 aromatic carbocycles. The highest BCUT2D eigenvalue weighted by molar-refractivity contribution is 5.96. The highest BCUT2D eigenvalue weighted by atomic mass is 16.5. The van der Waals surface area contributed by atoms with Crippen molar-refractivity contribution >= 4 is 5.91 Å². The molecule has 18 heavy (non-hydrogen) atoms. The maximum atomic E-state index is 12.7. The Kier molecular flexibility index (Phi) is 2.66. The van der Waals surface area contributed by atoms with Gasteiger partial charge in [0.2, 0.25) is 0 Å². The maximum Gasteiger partial charge on any atom is 0.259 e. The van der Waals surface area contributed by atoms with Crippen LogP contribution in [0.25, 0.3) is 0 Å². The lowest BCUT2D eigenvalue weighted by atomic mass is 10.0. The lowest BCUT2D eigenvalue weighted by molar-refractivity contribution is 0.0679. The Morgan fingerprint density at radius 1 is 1.44 bits per heavy atom. The summed E-state index contributed by atoms with van der Waals surface area (Å²) in [5, 5.41) is 7.25. The molecule has 0 saturated carbocycles. The van der Waals surface area contributed by atoms with Gasteiger partial charge in [-0.05, 0) is 33.1 Å². The van der Waals surface area contributed by atoms with E-state index in [2.05, 4.69) is 17.4 Å². The molecule has 3 atom stereocenters. The third kappa shape index (κ3) is 1.57. The second-order valence-corrected chi connectivity index (χ2v) is 5.48. The standard InChI is InChI=1S/C13H19N3O2/c1-7-4-10-5-14-6-11(10)16(7)13(17)12-8(2)15-18-9(12)3/h7,10-11,14H,4-6H2,1-3H3. The van der Waals surface area contributed by atoms with Crippen LogP contribution in [0.2, 0.25) is 0 Å². The number of rotatable bonds is 1. The van der Waals surface area contributed by atoms with Gasteiger partial charge in [-0.25, -0.2) is 0 Å². The largest absolute Gasteiger partial charge is 0.361 e. The van der Waals surface area contributed by atoms with E-state index in [9.17, 15) is 4.79 Å². The van der Waals surface area contributed by atoms with E-state index in [1.54, 1.807) is 6.92 Å². The van der Waals surface area contributed by atoms with E-state index in [0.717, 1.165) is 19.5 Å². The quantitative estimate of drug-likeness (QED) is 0.810. The van der Waals surface area contributed by atoms with Crippen molar-refractivity contribution in [2.75, 3.05) is 13.1 Å². The molecule has 3 heterocycles. The predicted molar refractivity (Wildman–Crippen MR) is 66.4 cm³/mol. The van der Waals surface area contributed by atoms with E-state index in [1.807, 2.05) is 11.8 Å². The molecule has 2 saturated heterocycles. The Bertz CT molecular complexity index is 463. The number of nitrogens with zero attached hydrogens (tertiary/aromatic N) is 2. The number of hydrogen-bond donors (Lipinski definition) is 1. The van der Waals surface area contributed by atoms with Crippen molar-refractivity contribution in [2.45, 2.75) is 39.3 Å². The average molecular weight is 249 g/mol. The number of nitrogens with one attached hydrogen (secondary N) is 1. The molecule has 3 rings (SSSR count). The SMILES string of the molecule is Cc1noc(C)c1C(=O)N1C(C)CC2CNCC21. The summed E-state index contributed by atoms with van der Waals surface area (Å²) in [4.78, 5) is 14.7. The fourth-order valence-corrected chi connectivity index (χ4v) is 3.43. The van der Waals surface area contributed by atoms with Gasteiger partial charge in [0.05, 0.1) is 5.69 Å². The number of fused-ring (bicyclic) bond motifs is 1. The van der Waals surface area contributed by atoms with Crippen LogP contribution in [0, 0.1) is 19.8 Å². The minimum absolute atomic E-state index is 0.0787. The van der Waals surface area contributed by atoms with Crippen LogP contribution in [0.4, 0.5) is 0 Å². The summed E-state index contributed by atoms with van der Waals surface area (Å²) in [5.74, 6) is 1.30. The van der Waals surface area contributed by atoms with Crippen molar-refractivity contribution in [1.29, 1.82) is 0 Å². The van der Waals surface area contributed by atoms with Crippen molar-refractivity contribution in [3.05, 3.63) is 17.0 Å². The van der Waals surface area contributed by atoms with Crippen LogP contribution < -0.4 is 5.32 Å². The first kappa shape index (κ1) is 11.7. The second kappa shape index (κ2) is 4.09. The summed E-state index contributed by atoms with van der Waals surface area (Å²) in [5.41, 5.74) is 1.34. The zero-order chi connectivity index (χ0) is 12.9. The van der Waals surface area contributed by atoms with Crippen LogP contribution in [0.15, 0.2) is 4.52 Å². The van der Waals surface area contributed by atoms with Gasteiger partial charge in [-0.2, -0.15) is 0 Å². The first-order chi connectivity index (χ1) is 8.59. The Hall–Kier alpha value is -1.36. The molecule has 1 aromatic heterocycles. The Morgan fingerprint density at radius 2 is 2.22 bits per heavy atom. The van der Waals surface area contributed by atoms with Gasteiger partial charge in [-0.1, -0.05) is 5.16 Å². The van der Waals surface area contributed by atoms with Crippen LogP contribution >= 0.6 is 0 Å². The van der Waals surface area contributed by atoms with Gasteiger partial charge >= 0.3 is 0 Å². The molecule has 98 valence electrons. The molecule has 0 aliphatic carbocycles. The van der Waals surface area contributed by atoms with E-state index in [0.29, 0.717) is 35.0 Å². The van der Waals surface area contributed by atoms with Crippen LogP contribution in [-0.4, -0.2) is 41.1 Å².